The summed E-state index contributed by atoms with van der Waals surface area (Å²) in [6.07, 6.45) is 2.14. The zero-order chi connectivity index (χ0) is 16.9. The van der Waals surface area contributed by atoms with E-state index in [4.69, 9.17) is 9.47 Å². The molecule has 0 radical (unpaired) electrons. The molecule has 0 aliphatic carbocycles. The van der Waals surface area contributed by atoms with E-state index in [0.29, 0.717) is 29.7 Å². The average Bonchev–Trinajstić information content (AvgIpc) is 3.09. The minimum Gasteiger partial charge on any atom is -0.493 e. The summed E-state index contributed by atoms with van der Waals surface area (Å²) in [6.45, 7) is 4.21. The van der Waals surface area contributed by atoms with Gasteiger partial charge in [-0.15, -0.1) is 11.3 Å². The highest BCUT2D eigenvalue weighted by molar-refractivity contribution is 7.09. The molecular weight excluding hydrogens is 324 g/mol. The number of carbonyl (C=O) groups is 1. The van der Waals surface area contributed by atoms with Gasteiger partial charge in [-0.3, -0.25) is 4.79 Å². The Bertz CT molecular complexity index is 693. The summed E-state index contributed by atoms with van der Waals surface area (Å²) in [5.41, 5.74) is 0.521. The van der Waals surface area contributed by atoms with E-state index in [2.05, 4.69) is 11.9 Å². The molecule has 1 aromatic heterocycles. The van der Waals surface area contributed by atoms with E-state index in [0.717, 1.165) is 30.9 Å². The molecule has 0 bridgehead atoms. The molecule has 1 fully saturated rings. The third kappa shape index (κ3) is 3.87. The largest absolute Gasteiger partial charge is 0.493 e. The van der Waals surface area contributed by atoms with Gasteiger partial charge in [-0.1, -0.05) is 19.1 Å². The molecule has 0 saturated carbocycles. The van der Waals surface area contributed by atoms with Crippen molar-refractivity contribution in [3.05, 3.63) is 40.3 Å². The van der Waals surface area contributed by atoms with Crippen LogP contribution in [0.3, 0.4) is 0 Å². The molecule has 3 rings (SSSR count). The Morgan fingerprint density at radius 2 is 2.00 bits per heavy atom. The number of hydrogen-bond donors (Lipinski definition) is 0. The van der Waals surface area contributed by atoms with Crippen molar-refractivity contribution in [2.75, 3.05) is 20.2 Å². The molecule has 0 atom stereocenters. The fourth-order valence-corrected chi connectivity index (χ4v) is 3.41. The summed E-state index contributed by atoms with van der Waals surface area (Å²) < 4.78 is 11.0. The minimum absolute atomic E-state index is 0.0293. The van der Waals surface area contributed by atoms with Gasteiger partial charge >= 0.3 is 0 Å². The van der Waals surface area contributed by atoms with Crippen molar-refractivity contribution in [3.8, 4) is 11.5 Å². The predicted molar refractivity (Wildman–Crippen MR) is 93.7 cm³/mol. The van der Waals surface area contributed by atoms with Crippen LogP contribution in [0.15, 0.2) is 29.6 Å². The van der Waals surface area contributed by atoms with Crippen molar-refractivity contribution in [1.82, 2.24) is 9.88 Å². The number of aromatic nitrogens is 1. The van der Waals surface area contributed by atoms with Gasteiger partial charge in [-0.05, 0) is 30.9 Å². The second-order valence-corrected chi connectivity index (χ2v) is 6.98. The van der Waals surface area contributed by atoms with Gasteiger partial charge in [-0.2, -0.15) is 0 Å². The Labute approximate surface area is 146 Å². The quantitative estimate of drug-likeness (QED) is 0.830. The second kappa shape index (κ2) is 7.66. The zero-order valence-corrected chi connectivity index (χ0v) is 14.8. The van der Waals surface area contributed by atoms with Gasteiger partial charge in [0.2, 0.25) is 0 Å². The number of rotatable bonds is 5. The number of amides is 1. The van der Waals surface area contributed by atoms with Crippen LogP contribution in [0.25, 0.3) is 0 Å². The molecule has 5 nitrogen and oxygen atoms in total. The number of carbonyl (C=O) groups excluding carboxylic acids is 1. The van der Waals surface area contributed by atoms with Crippen LogP contribution in [-0.4, -0.2) is 36.0 Å². The molecule has 1 saturated heterocycles. The van der Waals surface area contributed by atoms with Crippen molar-refractivity contribution < 1.29 is 14.3 Å². The van der Waals surface area contributed by atoms with E-state index < -0.39 is 0 Å². The summed E-state index contributed by atoms with van der Waals surface area (Å²) in [7, 11) is 1.61. The number of likely N-dealkylation sites (tertiary alicyclic amines) is 1. The van der Waals surface area contributed by atoms with Crippen LogP contribution in [-0.2, 0) is 6.61 Å². The lowest BCUT2D eigenvalue weighted by atomic mass is 9.99. The summed E-state index contributed by atoms with van der Waals surface area (Å²) in [5, 5.41) is 2.61. The first kappa shape index (κ1) is 16.8. The Morgan fingerprint density at radius 3 is 2.71 bits per heavy atom. The van der Waals surface area contributed by atoms with Crippen LogP contribution in [0.5, 0.6) is 11.5 Å². The zero-order valence-electron chi connectivity index (χ0n) is 14.0. The third-order valence-corrected chi connectivity index (χ3v) is 5.08. The maximum Gasteiger partial charge on any atom is 0.273 e. The van der Waals surface area contributed by atoms with Crippen LogP contribution in [0.1, 0.15) is 35.3 Å². The van der Waals surface area contributed by atoms with Crippen molar-refractivity contribution in [3.63, 3.8) is 0 Å². The van der Waals surface area contributed by atoms with Crippen molar-refractivity contribution in [1.29, 1.82) is 0 Å². The van der Waals surface area contributed by atoms with E-state index in [1.54, 1.807) is 7.11 Å². The molecule has 24 heavy (non-hydrogen) atoms. The molecule has 6 heteroatoms. The molecule has 0 spiro atoms. The average molecular weight is 346 g/mol. The molecule has 0 unspecified atom stereocenters. The molecule has 2 heterocycles. The van der Waals surface area contributed by atoms with E-state index in [9.17, 15) is 4.79 Å². The minimum atomic E-state index is 0.0293. The first-order valence-corrected chi connectivity index (χ1v) is 9.05. The first-order chi connectivity index (χ1) is 11.7. The van der Waals surface area contributed by atoms with Gasteiger partial charge in [0.25, 0.3) is 5.91 Å². The van der Waals surface area contributed by atoms with E-state index in [1.807, 2.05) is 34.5 Å². The number of ether oxygens (including phenoxy) is 2. The van der Waals surface area contributed by atoms with Gasteiger partial charge in [0.05, 0.1) is 7.11 Å². The summed E-state index contributed by atoms with van der Waals surface area (Å²) in [5.74, 6) is 2.09. The summed E-state index contributed by atoms with van der Waals surface area (Å²) in [4.78, 5) is 18.8. The number of benzene rings is 1. The summed E-state index contributed by atoms with van der Waals surface area (Å²) >= 11 is 1.45. The standard InChI is InChI=1S/C18H22N2O3S/c1-13-7-9-20(10-8-13)18(21)14-12-24-17(19-14)11-23-16-6-4-3-5-15(16)22-2/h3-6,12-13H,7-11H2,1-2H3. The van der Waals surface area contributed by atoms with Gasteiger partial charge in [0, 0.05) is 18.5 Å². The van der Waals surface area contributed by atoms with Gasteiger partial charge in [-0.25, -0.2) is 4.98 Å². The van der Waals surface area contributed by atoms with Crippen molar-refractivity contribution in [2.24, 2.45) is 5.92 Å². The monoisotopic (exact) mass is 346 g/mol. The number of thiazole rings is 1. The number of methoxy groups -OCH3 is 1. The molecule has 2 aromatic rings. The molecule has 1 aliphatic rings. The maximum atomic E-state index is 12.5. The second-order valence-electron chi connectivity index (χ2n) is 6.04. The van der Waals surface area contributed by atoms with E-state index >= 15 is 0 Å². The van der Waals surface area contributed by atoms with E-state index in [1.165, 1.54) is 11.3 Å². The Balaban J connectivity index is 1.60. The first-order valence-electron chi connectivity index (χ1n) is 8.17. The number of para-hydroxylation sites is 2. The predicted octanol–water partition coefficient (Wildman–Crippen LogP) is 3.60. The lowest BCUT2D eigenvalue weighted by molar-refractivity contribution is 0.0691. The summed E-state index contributed by atoms with van der Waals surface area (Å²) in [6, 6.07) is 7.49. The Morgan fingerprint density at radius 1 is 1.29 bits per heavy atom. The van der Waals surface area contributed by atoms with Gasteiger partial charge in [0.15, 0.2) is 11.5 Å². The van der Waals surface area contributed by atoms with Crippen LogP contribution in [0, 0.1) is 5.92 Å². The lowest BCUT2D eigenvalue weighted by Gasteiger charge is -2.29. The normalized spacial score (nSPS) is 15.3. The number of nitrogens with zero attached hydrogens (tertiary/aromatic N) is 2. The van der Waals surface area contributed by atoms with Crippen LogP contribution in [0.2, 0.25) is 0 Å². The molecule has 128 valence electrons. The third-order valence-electron chi connectivity index (χ3n) is 4.26. The van der Waals surface area contributed by atoms with Crippen molar-refractivity contribution in [2.45, 2.75) is 26.4 Å². The maximum absolute atomic E-state index is 12.5. The smallest absolute Gasteiger partial charge is 0.273 e. The molecule has 1 amide bonds. The van der Waals surface area contributed by atoms with Gasteiger partial charge < -0.3 is 14.4 Å². The highest BCUT2D eigenvalue weighted by Gasteiger charge is 2.23. The molecule has 1 aromatic carbocycles. The Kier molecular flexibility index (Phi) is 5.35. The fraction of sp³-hybridized carbons (Fsp3) is 0.444. The Hall–Kier alpha value is -2.08. The SMILES string of the molecule is COc1ccccc1OCc1nc(C(=O)N2CCC(C)CC2)cs1. The van der Waals surface area contributed by atoms with Crippen molar-refractivity contribution >= 4 is 17.2 Å². The number of piperidine rings is 1. The van der Waals surface area contributed by atoms with Crippen LogP contribution in [0.4, 0.5) is 0 Å². The van der Waals surface area contributed by atoms with Crippen LogP contribution >= 0.6 is 11.3 Å². The van der Waals surface area contributed by atoms with Crippen LogP contribution < -0.4 is 9.47 Å². The lowest BCUT2D eigenvalue weighted by Crippen LogP contribution is -2.38. The molecule has 0 N–H and O–H groups in total. The highest BCUT2D eigenvalue weighted by Crippen LogP contribution is 2.27. The van der Waals surface area contributed by atoms with E-state index in [-0.39, 0.29) is 5.91 Å². The van der Waals surface area contributed by atoms with Gasteiger partial charge in [0.1, 0.15) is 17.3 Å². The fourth-order valence-electron chi connectivity index (χ4n) is 2.73. The molecular formula is C18H22N2O3S. The molecule has 1 aliphatic heterocycles. The number of hydrogen-bond acceptors (Lipinski definition) is 5. The highest BCUT2D eigenvalue weighted by atomic mass is 32.1. The topological polar surface area (TPSA) is 51.7 Å².